The van der Waals surface area contributed by atoms with Gasteiger partial charge in [-0.05, 0) is 30.0 Å². The predicted octanol–water partition coefficient (Wildman–Crippen LogP) is 1.13. The van der Waals surface area contributed by atoms with Crippen molar-refractivity contribution >= 4 is 15.7 Å². The summed E-state index contributed by atoms with van der Waals surface area (Å²) in [5.74, 6) is 0.00547. The second-order valence-electron chi connectivity index (χ2n) is 4.88. The van der Waals surface area contributed by atoms with E-state index in [4.69, 9.17) is 5.73 Å². The first-order chi connectivity index (χ1) is 8.81. The third-order valence-corrected chi connectivity index (χ3v) is 4.64. The molecule has 1 unspecified atom stereocenters. The largest absolute Gasteiger partial charge is 0.399 e. The van der Waals surface area contributed by atoms with E-state index in [1.165, 1.54) is 6.07 Å². The van der Waals surface area contributed by atoms with Gasteiger partial charge in [-0.25, -0.2) is 13.1 Å². The van der Waals surface area contributed by atoms with Crippen LogP contribution in [0.5, 0.6) is 0 Å². The van der Waals surface area contributed by atoms with Crippen molar-refractivity contribution in [3.05, 3.63) is 23.8 Å². The summed E-state index contributed by atoms with van der Waals surface area (Å²) < 4.78 is 27.2. The molecule has 0 aromatic heterocycles. The summed E-state index contributed by atoms with van der Waals surface area (Å²) in [6.07, 6.45) is 0.599. The van der Waals surface area contributed by atoms with Gasteiger partial charge in [-0.1, -0.05) is 26.8 Å². The Kier molecular flexibility index (Phi) is 5.34. The molecule has 0 saturated heterocycles. The van der Waals surface area contributed by atoms with Gasteiger partial charge in [0.15, 0.2) is 0 Å². The highest BCUT2D eigenvalue weighted by Crippen LogP contribution is 2.20. The molecule has 108 valence electrons. The van der Waals surface area contributed by atoms with E-state index in [1.807, 2.05) is 20.8 Å². The minimum atomic E-state index is -3.67. The molecule has 4 N–H and O–H groups in total. The van der Waals surface area contributed by atoms with E-state index in [9.17, 15) is 13.5 Å². The van der Waals surface area contributed by atoms with Crippen LogP contribution in [0.2, 0.25) is 0 Å². The fourth-order valence-electron chi connectivity index (χ4n) is 1.76. The molecule has 1 rings (SSSR count). The van der Waals surface area contributed by atoms with E-state index in [0.717, 1.165) is 0 Å². The van der Waals surface area contributed by atoms with Gasteiger partial charge in [0, 0.05) is 11.7 Å². The quantitative estimate of drug-likeness (QED) is 0.683. The van der Waals surface area contributed by atoms with Crippen LogP contribution in [0.15, 0.2) is 23.1 Å². The number of hydrogen-bond acceptors (Lipinski definition) is 4. The number of anilines is 1. The molecule has 0 aliphatic carbocycles. The van der Waals surface area contributed by atoms with Crippen molar-refractivity contribution in [3.63, 3.8) is 0 Å². The van der Waals surface area contributed by atoms with Crippen molar-refractivity contribution in [1.29, 1.82) is 0 Å². The molecule has 5 nitrogen and oxygen atoms in total. The molecule has 0 fully saturated rings. The maximum Gasteiger partial charge on any atom is 0.241 e. The number of nitrogen functional groups attached to an aromatic ring is 1. The first-order valence-electron chi connectivity index (χ1n) is 6.33. The summed E-state index contributed by atoms with van der Waals surface area (Å²) in [4.78, 5) is 0.189. The molecule has 0 radical (unpaired) electrons. The van der Waals surface area contributed by atoms with Crippen LogP contribution in [0.1, 0.15) is 26.3 Å². The van der Waals surface area contributed by atoms with Crippen molar-refractivity contribution < 1.29 is 13.5 Å². The van der Waals surface area contributed by atoms with Gasteiger partial charge in [0.25, 0.3) is 0 Å². The van der Waals surface area contributed by atoms with E-state index in [0.29, 0.717) is 17.7 Å². The number of nitrogens with two attached hydrogens (primary N) is 1. The number of sulfonamides is 1. The van der Waals surface area contributed by atoms with Gasteiger partial charge in [0.2, 0.25) is 10.0 Å². The molecule has 0 heterocycles. The first kappa shape index (κ1) is 15.9. The molecule has 1 atom stereocenters. The standard InChI is InChI=1S/C13H22N2O3S/c1-4-10-5-6-11(14)7-13(10)19(17,18)15-12(8-16)9(2)3/h5-7,9,12,15-16H,4,8,14H2,1-3H3. The smallest absolute Gasteiger partial charge is 0.241 e. The molecule has 1 aromatic carbocycles. The number of rotatable bonds is 6. The molecule has 1 aromatic rings. The lowest BCUT2D eigenvalue weighted by molar-refractivity contribution is 0.227. The summed E-state index contributed by atoms with van der Waals surface area (Å²) >= 11 is 0. The lowest BCUT2D eigenvalue weighted by atomic mass is 10.1. The van der Waals surface area contributed by atoms with Crippen LogP contribution in [-0.4, -0.2) is 26.2 Å². The predicted molar refractivity (Wildman–Crippen MR) is 76.3 cm³/mol. The summed E-state index contributed by atoms with van der Waals surface area (Å²) in [7, 11) is -3.67. The summed E-state index contributed by atoms with van der Waals surface area (Å²) in [6, 6.07) is 4.35. The second-order valence-corrected chi connectivity index (χ2v) is 6.56. The molecule has 0 spiro atoms. The maximum atomic E-state index is 12.4. The SMILES string of the molecule is CCc1ccc(N)cc1S(=O)(=O)NC(CO)C(C)C. The Labute approximate surface area is 114 Å². The van der Waals surface area contributed by atoms with E-state index in [1.54, 1.807) is 12.1 Å². The lowest BCUT2D eigenvalue weighted by Gasteiger charge is -2.21. The Morgan fingerprint density at radius 3 is 2.47 bits per heavy atom. The van der Waals surface area contributed by atoms with Gasteiger partial charge < -0.3 is 10.8 Å². The molecule has 0 saturated carbocycles. The van der Waals surface area contributed by atoms with Crippen molar-refractivity contribution in [1.82, 2.24) is 4.72 Å². The summed E-state index contributed by atoms with van der Waals surface area (Å²) in [6.45, 7) is 5.35. The highest BCUT2D eigenvalue weighted by molar-refractivity contribution is 7.89. The average Bonchev–Trinajstić information content (AvgIpc) is 2.35. The molecule has 19 heavy (non-hydrogen) atoms. The maximum absolute atomic E-state index is 12.4. The first-order valence-corrected chi connectivity index (χ1v) is 7.81. The van der Waals surface area contributed by atoms with E-state index >= 15 is 0 Å². The summed E-state index contributed by atoms with van der Waals surface area (Å²) in [5.41, 5.74) is 6.78. The normalized spacial score (nSPS) is 13.7. The summed E-state index contributed by atoms with van der Waals surface area (Å²) in [5, 5.41) is 9.24. The third kappa shape index (κ3) is 3.92. The highest BCUT2D eigenvalue weighted by atomic mass is 32.2. The Hall–Kier alpha value is -1.11. The third-order valence-electron chi connectivity index (χ3n) is 3.07. The van der Waals surface area contributed by atoms with Crippen LogP contribution < -0.4 is 10.5 Å². The van der Waals surface area contributed by atoms with Crippen molar-refractivity contribution in [3.8, 4) is 0 Å². The van der Waals surface area contributed by atoms with E-state index in [-0.39, 0.29) is 17.4 Å². The molecule has 6 heteroatoms. The fraction of sp³-hybridized carbons (Fsp3) is 0.538. The fourth-order valence-corrected chi connectivity index (χ4v) is 3.48. The number of benzene rings is 1. The molecular weight excluding hydrogens is 264 g/mol. The van der Waals surface area contributed by atoms with Crippen LogP contribution in [0.3, 0.4) is 0 Å². The van der Waals surface area contributed by atoms with Gasteiger partial charge in [0.1, 0.15) is 0 Å². The zero-order valence-electron chi connectivity index (χ0n) is 11.6. The van der Waals surface area contributed by atoms with Crippen molar-refractivity contribution in [2.24, 2.45) is 5.92 Å². The Morgan fingerprint density at radius 2 is 2.00 bits per heavy atom. The Bertz CT molecular complexity index is 527. The zero-order valence-corrected chi connectivity index (χ0v) is 12.4. The van der Waals surface area contributed by atoms with Gasteiger partial charge >= 0.3 is 0 Å². The molecule has 0 aliphatic heterocycles. The average molecular weight is 286 g/mol. The van der Waals surface area contributed by atoms with Crippen LogP contribution >= 0.6 is 0 Å². The molecule has 0 amide bonds. The molecule has 0 bridgehead atoms. The minimum Gasteiger partial charge on any atom is -0.399 e. The van der Waals surface area contributed by atoms with Crippen LogP contribution in [0.4, 0.5) is 5.69 Å². The molecular formula is C13H22N2O3S. The molecule has 0 aliphatic rings. The Morgan fingerprint density at radius 1 is 1.37 bits per heavy atom. The van der Waals surface area contributed by atoms with E-state index < -0.39 is 16.1 Å². The monoisotopic (exact) mass is 286 g/mol. The van der Waals surface area contributed by atoms with Gasteiger partial charge in [-0.2, -0.15) is 0 Å². The topological polar surface area (TPSA) is 92.4 Å². The zero-order chi connectivity index (χ0) is 14.6. The lowest BCUT2D eigenvalue weighted by Crippen LogP contribution is -2.41. The van der Waals surface area contributed by atoms with Gasteiger partial charge in [-0.3, -0.25) is 0 Å². The van der Waals surface area contributed by atoms with Crippen LogP contribution in [0.25, 0.3) is 0 Å². The number of aliphatic hydroxyl groups excluding tert-OH is 1. The van der Waals surface area contributed by atoms with Gasteiger partial charge in [-0.15, -0.1) is 0 Å². The second kappa shape index (κ2) is 6.36. The van der Waals surface area contributed by atoms with Crippen LogP contribution in [0, 0.1) is 5.92 Å². The highest BCUT2D eigenvalue weighted by Gasteiger charge is 2.24. The number of nitrogens with one attached hydrogen (secondary N) is 1. The van der Waals surface area contributed by atoms with Crippen molar-refractivity contribution in [2.45, 2.75) is 38.1 Å². The number of aliphatic hydroxyl groups is 1. The van der Waals surface area contributed by atoms with Crippen LogP contribution in [-0.2, 0) is 16.4 Å². The van der Waals surface area contributed by atoms with Crippen molar-refractivity contribution in [2.75, 3.05) is 12.3 Å². The van der Waals surface area contributed by atoms with Gasteiger partial charge in [0.05, 0.1) is 11.5 Å². The number of hydrogen-bond donors (Lipinski definition) is 3. The van der Waals surface area contributed by atoms with E-state index in [2.05, 4.69) is 4.72 Å². The number of aryl methyl sites for hydroxylation is 1. The minimum absolute atomic E-state index is 0.00547. The Balaban J connectivity index is 3.16.